The second kappa shape index (κ2) is 5.91. The fraction of sp³-hybridized carbons (Fsp3) is 0.150. The van der Waals surface area contributed by atoms with E-state index in [1.54, 1.807) is 24.3 Å². The maximum absolute atomic E-state index is 12.7. The minimum Gasteiger partial charge on any atom is -0.356 e. The number of nitrogens with zero attached hydrogens (tertiary/aromatic N) is 2. The topological polar surface area (TPSA) is 78.9 Å². The highest BCUT2D eigenvalue weighted by Gasteiger charge is 2.53. The molecule has 2 aromatic carbocycles. The molecular formula is C20H15N3O2. The van der Waals surface area contributed by atoms with E-state index in [1.807, 2.05) is 36.4 Å². The summed E-state index contributed by atoms with van der Waals surface area (Å²) in [5.74, 6) is 0.568. The molecule has 0 spiro atoms. The summed E-state index contributed by atoms with van der Waals surface area (Å²) in [5.41, 5.74) is 2.21. The number of carbonyl (C=O) groups is 1. The molecule has 1 aromatic heterocycles. The number of hydrogen-bond donors (Lipinski definition) is 1. The molecule has 0 unspecified atom stereocenters. The standard InChI is InChI=1S/C20H15N3O2/c21-13-14-6-8-16(9-7-14)22-19(24)20(10-11-20)18-12-17(25-23-18)15-4-2-1-3-5-15/h1-9,12H,10-11H2,(H,22,24). The summed E-state index contributed by atoms with van der Waals surface area (Å²) in [6.45, 7) is 0. The van der Waals surface area contributed by atoms with E-state index in [0.29, 0.717) is 22.7 Å². The Morgan fingerprint density at radius 1 is 1.12 bits per heavy atom. The number of rotatable bonds is 4. The van der Waals surface area contributed by atoms with Crippen LogP contribution in [0.15, 0.2) is 65.2 Å². The number of nitrogens with one attached hydrogen (secondary N) is 1. The third-order valence-corrected chi connectivity index (χ3v) is 4.52. The molecule has 25 heavy (non-hydrogen) atoms. The number of carbonyl (C=O) groups excluding carboxylic acids is 1. The molecule has 1 aliphatic carbocycles. The first-order valence-corrected chi connectivity index (χ1v) is 8.05. The number of benzene rings is 2. The average molecular weight is 329 g/mol. The molecule has 1 N–H and O–H groups in total. The Kier molecular flexibility index (Phi) is 3.58. The molecule has 0 bridgehead atoms. The van der Waals surface area contributed by atoms with Crippen molar-refractivity contribution in [1.29, 1.82) is 5.26 Å². The van der Waals surface area contributed by atoms with E-state index in [4.69, 9.17) is 9.78 Å². The lowest BCUT2D eigenvalue weighted by molar-refractivity contribution is -0.118. The van der Waals surface area contributed by atoms with E-state index in [-0.39, 0.29) is 5.91 Å². The van der Waals surface area contributed by atoms with Gasteiger partial charge in [-0.15, -0.1) is 0 Å². The highest BCUT2D eigenvalue weighted by Crippen LogP contribution is 2.49. The van der Waals surface area contributed by atoms with Crippen molar-refractivity contribution in [2.24, 2.45) is 0 Å². The van der Waals surface area contributed by atoms with E-state index >= 15 is 0 Å². The Balaban J connectivity index is 1.54. The van der Waals surface area contributed by atoms with Crippen molar-refractivity contribution < 1.29 is 9.32 Å². The van der Waals surface area contributed by atoms with E-state index in [2.05, 4.69) is 16.5 Å². The third kappa shape index (κ3) is 2.79. The monoisotopic (exact) mass is 329 g/mol. The predicted octanol–water partition coefficient (Wildman–Crippen LogP) is 3.88. The van der Waals surface area contributed by atoms with Gasteiger partial charge < -0.3 is 9.84 Å². The highest BCUT2D eigenvalue weighted by atomic mass is 16.5. The largest absolute Gasteiger partial charge is 0.356 e. The molecule has 3 aromatic rings. The lowest BCUT2D eigenvalue weighted by atomic mass is 10.00. The number of anilines is 1. The maximum atomic E-state index is 12.7. The first-order chi connectivity index (χ1) is 12.2. The maximum Gasteiger partial charge on any atom is 0.236 e. The SMILES string of the molecule is N#Cc1ccc(NC(=O)C2(c3cc(-c4ccccc4)on3)CC2)cc1. The van der Waals surface area contributed by atoms with Crippen molar-refractivity contribution in [2.45, 2.75) is 18.3 Å². The Morgan fingerprint density at radius 2 is 1.84 bits per heavy atom. The number of aromatic nitrogens is 1. The van der Waals surface area contributed by atoms with Gasteiger partial charge in [0.05, 0.1) is 22.7 Å². The lowest BCUT2D eigenvalue weighted by Gasteiger charge is -2.12. The fourth-order valence-corrected chi connectivity index (χ4v) is 2.84. The summed E-state index contributed by atoms with van der Waals surface area (Å²) >= 11 is 0. The van der Waals surface area contributed by atoms with Gasteiger partial charge in [-0.3, -0.25) is 4.79 Å². The van der Waals surface area contributed by atoms with Crippen LogP contribution in [0.5, 0.6) is 0 Å². The zero-order valence-corrected chi connectivity index (χ0v) is 13.4. The third-order valence-electron chi connectivity index (χ3n) is 4.52. The Labute approximate surface area is 144 Å². The Hall–Kier alpha value is -3.39. The van der Waals surface area contributed by atoms with Crippen LogP contribution in [0.3, 0.4) is 0 Å². The fourth-order valence-electron chi connectivity index (χ4n) is 2.84. The van der Waals surface area contributed by atoms with Gasteiger partial charge in [-0.1, -0.05) is 35.5 Å². The van der Waals surface area contributed by atoms with Crippen LogP contribution >= 0.6 is 0 Å². The molecule has 1 heterocycles. The molecule has 0 atom stereocenters. The van der Waals surface area contributed by atoms with E-state index in [0.717, 1.165) is 18.4 Å². The zero-order valence-electron chi connectivity index (χ0n) is 13.4. The first-order valence-electron chi connectivity index (χ1n) is 8.05. The summed E-state index contributed by atoms with van der Waals surface area (Å²) in [6.07, 6.45) is 1.49. The van der Waals surface area contributed by atoms with Crippen LogP contribution in [-0.2, 0) is 10.2 Å². The van der Waals surface area contributed by atoms with Crippen LogP contribution in [0, 0.1) is 11.3 Å². The number of nitriles is 1. The molecule has 1 saturated carbocycles. The van der Waals surface area contributed by atoms with E-state index in [1.165, 1.54) is 0 Å². The van der Waals surface area contributed by atoms with Gasteiger partial charge in [-0.25, -0.2) is 0 Å². The van der Waals surface area contributed by atoms with Gasteiger partial charge in [0.25, 0.3) is 0 Å². The van der Waals surface area contributed by atoms with Crippen molar-refractivity contribution >= 4 is 11.6 Å². The minimum atomic E-state index is -0.621. The van der Waals surface area contributed by atoms with Gasteiger partial charge in [-0.2, -0.15) is 5.26 Å². The van der Waals surface area contributed by atoms with Crippen molar-refractivity contribution in [3.8, 4) is 17.4 Å². The molecule has 1 amide bonds. The molecular weight excluding hydrogens is 314 g/mol. The summed E-state index contributed by atoms with van der Waals surface area (Å²) in [5, 5.41) is 15.9. The van der Waals surface area contributed by atoms with Crippen molar-refractivity contribution in [1.82, 2.24) is 5.16 Å². The van der Waals surface area contributed by atoms with Crippen LogP contribution in [-0.4, -0.2) is 11.1 Å². The molecule has 4 rings (SSSR count). The van der Waals surface area contributed by atoms with Crippen molar-refractivity contribution in [2.75, 3.05) is 5.32 Å². The summed E-state index contributed by atoms with van der Waals surface area (Å²) in [4.78, 5) is 12.7. The molecule has 0 aliphatic heterocycles. The zero-order chi connectivity index (χ0) is 17.3. The van der Waals surface area contributed by atoms with Crippen molar-refractivity contribution in [3.63, 3.8) is 0 Å². The second-order valence-corrected chi connectivity index (χ2v) is 6.17. The van der Waals surface area contributed by atoms with Gasteiger partial charge in [0.2, 0.25) is 5.91 Å². The number of hydrogen-bond acceptors (Lipinski definition) is 4. The van der Waals surface area contributed by atoms with Gasteiger partial charge in [0, 0.05) is 17.3 Å². The van der Waals surface area contributed by atoms with Gasteiger partial charge in [-0.05, 0) is 37.1 Å². The first kappa shape index (κ1) is 15.2. The van der Waals surface area contributed by atoms with Crippen molar-refractivity contribution in [3.05, 3.63) is 71.9 Å². The molecule has 1 fully saturated rings. The van der Waals surface area contributed by atoms with Crippen LogP contribution in [0.4, 0.5) is 5.69 Å². The van der Waals surface area contributed by atoms with E-state index < -0.39 is 5.41 Å². The Morgan fingerprint density at radius 3 is 2.48 bits per heavy atom. The summed E-state index contributed by atoms with van der Waals surface area (Å²) in [7, 11) is 0. The van der Waals surface area contributed by atoms with Gasteiger partial charge in [0.15, 0.2) is 5.76 Å². The normalized spacial score (nSPS) is 14.5. The summed E-state index contributed by atoms with van der Waals surface area (Å²) in [6, 6.07) is 20.4. The average Bonchev–Trinajstić information content (AvgIpc) is 3.33. The molecule has 1 aliphatic rings. The summed E-state index contributed by atoms with van der Waals surface area (Å²) < 4.78 is 5.44. The smallest absolute Gasteiger partial charge is 0.236 e. The lowest BCUT2D eigenvalue weighted by Crippen LogP contribution is -2.28. The predicted molar refractivity (Wildman–Crippen MR) is 92.6 cm³/mol. The number of amides is 1. The Bertz CT molecular complexity index is 949. The van der Waals surface area contributed by atoms with Crippen LogP contribution in [0.2, 0.25) is 0 Å². The minimum absolute atomic E-state index is 0.0925. The second-order valence-electron chi connectivity index (χ2n) is 6.17. The molecule has 5 nitrogen and oxygen atoms in total. The van der Waals surface area contributed by atoms with E-state index in [9.17, 15) is 4.79 Å². The molecule has 122 valence electrons. The van der Waals surface area contributed by atoms with Gasteiger partial charge in [0.1, 0.15) is 0 Å². The quantitative estimate of drug-likeness (QED) is 0.787. The van der Waals surface area contributed by atoms with Gasteiger partial charge >= 0.3 is 0 Å². The molecule has 0 saturated heterocycles. The molecule has 5 heteroatoms. The molecule has 0 radical (unpaired) electrons. The van der Waals surface area contributed by atoms with Crippen LogP contribution in [0.1, 0.15) is 24.1 Å². The highest BCUT2D eigenvalue weighted by molar-refractivity contribution is 6.01. The van der Waals surface area contributed by atoms with Crippen LogP contribution < -0.4 is 5.32 Å². The van der Waals surface area contributed by atoms with Crippen LogP contribution in [0.25, 0.3) is 11.3 Å².